The first kappa shape index (κ1) is 65.1. The van der Waals surface area contributed by atoms with E-state index in [2.05, 4.69) is 314 Å². The number of H-pyrrole nitrogens is 4. The third-order valence-corrected chi connectivity index (χ3v) is 19.5. The summed E-state index contributed by atoms with van der Waals surface area (Å²) in [6, 6.07) is 77.6. The minimum absolute atomic E-state index is 0. The van der Waals surface area contributed by atoms with E-state index in [1.54, 1.807) is 0 Å². The summed E-state index contributed by atoms with van der Waals surface area (Å²) in [5, 5.41) is 0. The van der Waals surface area contributed by atoms with Crippen molar-refractivity contribution < 1.29 is 20.4 Å². The predicted octanol–water partition coefficient (Wildman–Crippen LogP) is 23.3. The van der Waals surface area contributed by atoms with Crippen LogP contribution in [-0.2, 0) is 20.4 Å². The average molecular weight is 1420 g/mol. The molecule has 8 aromatic heterocycles. The van der Waals surface area contributed by atoms with E-state index in [4.69, 9.17) is 19.9 Å². The number of pyridine rings is 2. The first-order chi connectivity index (χ1) is 50.0. The number of nitrogens with zero attached hydrogens (tertiary/aromatic N) is 6. The molecule has 6 aromatic carbocycles. The Morgan fingerprint density at radius 2 is 0.311 bits per heavy atom. The number of aromatic amines is 4. The number of nitrogens with one attached hydrogen (secondary N) is 4. The van der Waals surface area contributed by atoms with Gasteiger partial charge in [-0.1, -0.05) is 179 Å². The maximum absolute atomic E-state index is 5.39. The van der Waals surface area contributed by atoms with E-state index < -0.39 is 0 Å². The number of fused-ring (bicyclic) bond motifs is 16. The normalized spacial score (nSPS) is 11.9. The molecule has 16 bridgehead atoms. The fourth-order valence-electron chi connectivity index (χ4n) is 14.2. The fourth-order valence-corrected chi connectivity index (χ4v) is 14.2. The molecule has 0 spiro atoms. The Hall–Kier alpha value is -12.5. The number of benzene rings is 6. The van der Waals surface area contributed by atoms with Crippen LogP contribution in [-0.4, -0.2) is 49.8 Å². The topological polar surface area (TPSA) is 140 Å². The van der Waals surface area contributed by atoms with Crippen LogP contribution < -0.4 is 0 Å². The van der Waals surface area contributed by atoms with Crippen LogP contribution in [0, 0.1) is 41.5 Å². The zero-order chi connectivity index (χ0) is 69.0. The van der Waals surface area contributed by atoms with Crippen molar-refractivity contribution in [1.29, 1.82) is 0 Å². The molecule has 0 saturated carbocycles. The molecular formula is C92H70N10Pd+2. The van der Waals surface area contributed by atoms with Crippen LogP contribution in [0.1, 0.15) is 78.9 Å². The molecule has 18 rings (SSSR count). The fraction of sp³-hybridized carbons (Fsp3) is 0.0652. The summed E-state index contributed by atoms with van der Waals surface area (Å²) in [4.78, 5) is 45.5. The molecule has 0 amide bonds. The molecule has 0 aliphatic carbocycles. The number of aryl methyl sites for hydroxylation is 6. The van der Waals surface area contributed by atoms with Gasteiger partial charge in [-0.05, 0) is 207 Å². The molecule has 0 saturated heterocycles. The smallest absolute Gasteiger partial charge is 0.354 e. The van der Waals surface area contributed by atoms with E-state index in [0.717, 1.165) is 179 Å². The first-order valence-corrected chi connectivity index (χ1v) is 34.5. The number of hydrogen-bond donors (Lipinski definition) is 4. The Morgan fingerprint density at radius 3 is 0.456 bits per heavy atom. The summed E-state index contributed by atoms with van der Waals surface area (Å²) in [7, 11) is 0. The van der Waals surface area contributed by atoms with Crippen molar-refractivity contribution in [3.63, 3.8) is 0 Å². The molecule has 103 heavy (non-hydrogen) atoms. The predicted molar refractivity (Wildman–Crippen MR) is 425 cm³/mol. The SMILES string of the molecule is Cc1ccc(-c2c3nc(c(-c4ccc(C)cc4)c4ccc([nH]4)c(-c4ccc(C)cc4)c4nc(c(-c5ccncc5)c5ccc2[nH]5)C=C4)C=C3)cc1.Cc1ccc(-c2c3nc(c(-c4ccc(C)cc4)c4ccc([nH]4)c(-c4ccc(C)cc4)c4nc(c(-c5ccncc5)c5ccc2[nH]5)C=C4)C=C3)cc1.[Pd+2]. The summed E-state index contributed by atoms with van der Waals surface area (Å²) in [5.74, 6) is 0. The van der Waals surface area contributed by atoms with Gasteiger partial charge in [0, 0.05) is 113 Å². The van der Waals surface area contributed by atoms with Gasteiger partial charge in [-0.3, -0.25) is 9.97 Å². The Balaban J connectivity index is 0.000000158. The van der Waals surface area contributed by atoms with Crippen LogP contribution in [0.15, 0.2) is 243 Å². The molecule has 0 unspecified atom stereocenters. The summed E-state index contributed by atoms with van der Waals surface area (Å²) >= 11 is 0. The van der Waals surface area contributed by atoms with E-state index >= 15 is 0 Å². The number of rotatable bonds is 8. The Labute approximate surface area is 611 Å². The molecule has 4 N–H and O–H groups in total. The van der Waals surface area contributed by atoms with Gasteiger partial charge in [0.25, 0.3) is 0 Å². The van der Waals surface area contributed by atoms with Crippen molar-refractivity contribution in [3.05, 3.63) is 322 Å². The number of hydrogen-bond acceptors (Lipinski definition) is 6. The molecule has 10 nitrogen and oxygen atoms in total. The molecule has 4 aliphatic heterocycles. The Kier molecular flexibility index (Phi) is 17.4. The second-order valence-corrected chi connectivity index (χ2v) is 26.7. The van der Waals surface area contributed by atoms with Gasteiger partial charge in [0.05, 0.1) is 45.6 Å². The van der Waals surface area contributed by atoms with E-state index in [0.29, 0.717) is 0 Å². The quantitative estimate of drug-likeness (QED) is 0.112. The number of aromatic nitrogens is 10. The van der Waals surface area contributed by atoms with Crippen LogP contribution in [0.5, 0.6) is 0 Å². The second-order valence-electron chi connectivity index (χ2n) is 26.7. The monoisotopic (exact) mass is 1420 g/mol. The van der Waals surface area contributed by atoms with Crippen LogP contribution in [0.2, 0.25) is 0 Å². The summed E-state index contributed by atoms with van der Waals surface area (Å²) < 4.78 is 0. The minimum Gasteiger partial charge on any atom is -0.354 e. The Morgan fingerprint density at radius 1 is 0.175 bits per heavy atom. The second kappa shape index (κ2) is 27.5. The third kappa shape index (κ3) is 12.8. The van der Waals surface area contributed by atoms with Crippen molar-refractivity contribution in [3.8, 4) is 89.0 Å². The van der Waals surface area contributed by atoms with Gasteiger partial charge in [-0.25, -0.2) is 19.9 Å². The largest absolute Gasteiger partial charge is 2.00 e. The van der Waals surface area contributed by atoms with Gasteiger partial charge in [-0.2, -0.15) is 0 Å². The van der Waals surface area contributed by atoms with E-state index in [-0.39, 0.29) is 20.4 Å². The van der Waals surface area contributed by atoms with Crippen LogP contribution in [0.3, 0.4) is 0 Å². The molecule has 0 radical (unpaired) electrons. The third-order valence-electron chi connectivity index (χ3n) is 19.5. The molecule has 12 heterocycles. The van der Waals surface area contributed by atoms with Crippen LogP contribution in [0.4, 0.5) is 0 Å². The molecule has 14 aromatic rings. The van der Waals surface area contributed by atoms with E-state index in [9.17, 15) is 0 Å². The van der Waals surface area contributed by atoms with Crippen molar-refractivity contribution >= 4 is 92.7 Å². The van der Waals surface area contributed by atoms with Crippen molar-refractivity contribution in [2.45, 2.75) is 41.5 Å². The zero-order valence-electron chi connectivity index (χ0n) is 57.7. The molecule has 496 valence electrons. The molecule has 0 atom stereocenters. The van der Waals surface area contributed by atoms with Gasteiger partial charge in [0.1, 0.15) is 0 Å². The van der Waals surface area contributed by atoms with E-state index in [1.165, 1.54) is 33.4 Å². The maximum atomic E-state index is 5.39. The average Bonchev–Trinajstić information content (AvgIpc) is 1.62. The van der Waals surface area contributed by atoms with Gasteiger partial charge in [0.2, 0.25) is 0 Å². The van der Waals surface area contributed by atoms with E-state index in [1.807, 2.05) is 49.1 Å². The molecular weight excluding hydrogens is 1350 g/mol. The molecule has 4 aliphatic rings. The Bertz CT molecular complexity index is 5650. The molecule has 11 heteroatoms. The summed E-state index contributed by atoms with van der Waals surface area (Å²) in [6.45, 7) is 12.7. The summed E-state index contributed by atoms with van der Waals surface area (Å²) in [6.07, 6.45) is 24.4. The zero-order valence-corrected chi connectivity index (χ0v) is 59.3. The van der Waals surface area contributed by atoms with Crippen LogP contribution in [0.25, 0.3) is 182 Å². The van der Waals surface area contributed by atoms with Gasteiger partial charge in [-0.15, -0.1) is 0 Å². The van der Waals surface area contributed by atoms with Gasteiger partial charge < -0.3 is 19.9 Å². The molecule has 0 fully saturated rings. The van der Waals surface area contributed by atoms with Gasteiger partial charge >= 0.3 is 20.4 Å². The van der Waals surface area contributed by atoms with Crippen LogP contribution >= 0.6 is 0 Å². The minimum atomic E-state index is 0. The van der Waals surface area contributed by atoms with Crippen molar-refractivity contribution in [1.82, 2.24) is 49.8 Å². The van der Waals surface area contributed by atoms with Crippen molar-refractivity contribution in [2.24, 2.45) is 0 Å². The maximum Gasteiger partial charge on any atom is 2.00 e. The standard InChI is InChI=1S/2C46H35N5.Pd/c2*1-28-4-10-31(11-5-28)43-35-16-18-37(48-35)44(32-12-6-29(2)7-13-32)39-20-22-41(50-39)46(34-24-26-47-27-25-34)42-23-21-40(51-42)45(38-19-17-36(43)49-38)33-14-8-30(3)9-15-33;/h2*4-27,48,51H,1-3H3;/q;;+2. The van der Waals surface area contributed by atoms with Gasteiger partial charge in [0.15, 0.2) is 0 Å². The summed E-state index contributed by atoms with van der Waals surface area (Å²) in [5.41, 5.74) is 39.2. The first-order valence-electron chi connectivity index (χ1n) is 34.5. The van der Waals surface area contributed by atoms with Crippen molar-refractivity contribution in [2.75, 3.05) is 0 Å².